The number of aliphatic imine (C=N–C) groups is 2. The van der Waals surface area contributed by atoms with Crippen molar-refractivity contribution in [3.8, 4) is 11.5 Å². The number of carbonyl (C=O) groups is 2. The zero-order valence-corrected chi connectivity index (χ0v) is 30.4. The van der Waals surface area contributed by atoms with Crippen LogP contribution in [0.4, 0.5) is 11.4 Å². The summed E-state index contributed by atoms with van der Waals surface area (Å²) in [5.41, 5.74) is 7.47. The molecule has 9 heteroatoms. The van der Waals surface area contributed by atoms with Gasteiger partial charge in [-0.1, -0.05) is 89.8 Å². The molecule has 0 aliphatic rings. The fraction of sp³-hybridized carbons (Fsp3) is 0.350. The van der Waals surface area contributed by atoms with Crippen LogP contribution in [0, 0.1) is 0 Å². The van der Waals surface area contributed by atoms with E-state index in [-0.39, 0.29) is 16.8 Å². The van der Waals surface area contributed by atoms with Gasteiger partial charge in [-0.2, -0.15) is 0 Å². The second-order valence-corrected chi connectivity index (χ2v) is 11.5. The number of hydrogen-bond acceptors (Lipinski definition) is 8. The molecule has 0 fully saturated rings. The topological polar surface area (TPSA) is 145 Å². The van der Waals surface area contributed by atoms with Crippen LogP contribution in [0.1, 0.15) is 101 Å². The van der Waals surface area contributed by atoms with Gasteiger partial charge in [0.1, 0.15) is 11.5 Å². The zero-order chi connectivity index (χ0) is 35.6. The third kappa shape index (κ3) is 13.9. The summed E-state index contributed by atoms with van der Waals surface area (Å²) in [6, 6.07) is 20.4. The first-order valence-electron chi connectivity index (χ1n) is 16.6. The number of hydrogen-bond donors (Lipinski definition) is 2. The Morgan fingerprint density at radius 1 is 0.633 bits per heavy atom. The number of carboxylic acids is 2. The number of aliphatic carboxylic acids is 2. The van der Waals surface area contributed by atoms with E-state index in [0.717, 1.165) is 110 Å². The summed E-state index contributed by atoms with van der Waals surface area (Å²) >= 11 is 0. The molecule has 0 aliphatic carbocycles. The molecule has 4 aromatic carbocycles. The van der Waals surface area contributed by atoms with Crippen molar-refractivity contribution in [3.05, 3.63) is 94.0 Å². The molecule has 0 spiro atoms. The van der Waals surface area contributed by atoms with Crippen LogP contribution in [-0.4, -0.2) is 34.6 Å². The summed E-state index contributed by atoms with van der Waals surface area (Å²) < 4.78 is 0. The van der Waals surface area contributed by atoms with Crippen molar-refractivity contribution in [1.82, 2.24) is 0 Å². The molecule has 4 rings (SSSR count). The third-order valence-corrected chi connectivity index (χ3v) is 7.22. The number of carboxylic acid groups (broad SMARTS) is 2. The summed E-state index contributed by atoms with van der Waals surface area (Å²) in [6.45, 7) is 10.5. The molecule has 0 bridgehead atoms. The van der Waals surface area contributed by atoms with E-state index in [2.05, 4.69) is 52.0 Å². The Morgan fingerprint density at radius 2 is 0.980 bits per heavy atom. The van der Waals surface area contributed by atoms with Crippen molar-refractivity contribution < 1.29 is 46.8 Å². The predicted molar refractivity (Wildman–Crippen MR) is 192 cm³/mol. The van der Waals surface area contributed by atoms with Crippen LogP contribution in [0.25, 0.3) is 10.8 Å². The second-order valence-electron chi connectivity index (χ2n) is 11.5. The standard InChI is InChI=1S/C36H42N2O2.2C2H4O2.Co/c1-5-11-25-19-28(13-7-3)35(39)30(21-25)23-37-32-17-9-15-27-16-10-18-33(34(27)32)38-24-31-22-26(12-6-2)20-29(14-8-4)36(31)40;2*1-2(3)4;/h9-10,15-24,39-40H,5-8,11-14H2,1-4H3;2*1H3,(H,3,4);/q;;;+2/p-2. The van der Waals surface area contributed by atoms with Crippen LogP contribution in [0.15, 0.2) is 70.6 Å². The van der Waals surface area contributed by atoms with Gasteiger partial charge in [0.15, 0.2) is 0 Å². The van der Waals surface area contributed by atoms with Gasteiger partial charge in [-0.3, -0.25) is 9.98 Å². The molecule has 8 nitrogen and oxygen atoms in total. The first kappa shape index (κ1) is 42.5. The van der Waals surface area contributed by atoms with Gasteiger partial charge in [0.2, 0.25) is 0 Å². The zero-order valence-electron chi connectivity index (χ0n) is 29.3. The fourth-order valence-electron chi connectivity index (χ4n) is 5.35. The van der Waals surface area contributed by atoms with Crippen LogP contribution >= 0.6 is 0 Å². The number of aryl methyl sites for hydroxylation is 4. The van der Waals surface area contributed by atoms with Crippen LogP contribution < -0.4 is 10.2 Å². The van der Waals surface area contributed by atoms with Gasteiger partial charge in [0.05, 0.1) is 11.4 Å². The van der Waals surface area contributed by atoms with Crippen LogP contribution in [0.3, 0.4) is 0 Å². The van der Waals surface area contributed by atoms with E-state index >= 15 is 0 Å². The normalized spacial score (nSPS) is 10.7. The number of carbonyl (C=O) groups excluding carboxylic acids is 2. The van der Waals surface area contributed by atoms with Crippen molar-refractivity contribution in [2.75, 3.05) is 0 Å². The Kier molecular flexibility index (Phi) is 19.3. The molecule has 0 aliphatic heterocycles. The summed E-state index contributed by atoms with van der Waals surface area (Å²) in [6.07, 6.45) is 11.2. The maximum Gasteiger partial charge on any atom is 2.00 e. The van der Waals surface area contributed by atoms with Gasteiger partial charge < -0.3 is 30.0 Å². The molecule has 0 saturated heterocycles. The minimum Gasteiger partial charge on any atom is -0.550 e. The van der Waals surface area contributed by atoms with Gasteiger partial charge in [-0.15, -0.1) is 0 Å². The molecule has 0 amide bonds. The maximum atomic E-state index is 11.0. The van der Waals surface area contributed by atoms with Gasteiger partial charge in [-0.25, -0.2) is 0 Å². The first-order chi connectivity index (χ1) is 22.9. The number of phenolic OH excluding ortho intramolecular Hbond substituents is 2. The van der Waals surface area contributed by atoms with E-state index in [1.807, 2.05) is 36.4 Å². The summed E-state index contributed by atoms with van der Waals surface area (Å²) in [4.78, 5) is 27.5. The number of rotatable bonds is 12. The third-order valence-electron chi connectivity index (χ3n) is 7.22. The molecular formula is C40H48CoN2O6. The molecule has 49 heavy (non-hydrogen) atoms. The minimum atomic E-state index is -1.08. The molecule has 2 N–H and O–H groups in total. The van der Waals surface area contributed by atoms with E-state index in [9.17, 15) is 10.2 Å². The first-order valence-corrected chi connectivity index (χ1v) is 16.6. The van der Waals surface area contributed by atoms with Gasteiger partial charge in [0.25, 0.3) is 0 Å². The van der Waals surface area contributed by atoms with E-state index < -0.39 is 11.9 Å². The maximum absolute atomic E-state index is 11.0. The number of nitrogens with zero attached hydrogens (tertiary/aromatic N) is 2. The van der Waals surface area contributed by atoms with Crippen molar-refractivity contribution >= 4 is 46.5 Å². The van der Waals surface area contributed by atoms with E-state index in [4.69, 9.17) is 29.8 Å². The monoisotopic (exact) mass is 711 g/mol. The fourth-order valence-corrected chi connectivity index (χ4v) is 5.35. The molecule has 263 valence electrons. The Morgan fingerprint density at radius 3 is 1.31 bits per heavy atom. The number of phenols is 2. The van der Waals surface area contributed by atoms with E-state index in [0.29, 0.717) is 11.5 Å². The van der Waals surface area contributed by atoms with Crippen LogP contribution in [0.2, 0.25) is 0 Å². The van der Waals surface area contributed by atoms with Crippen molar-refractivity contribution in [2.45, 2.75) is 92.9 Å². The molecule has 0 unspecified atom stereocenters. The minimum absolute atomic E-state index is 0. The van der Waals surface area contributed by atoms with Gasteiger partial charge in [0, 0.05) is 40.9 Å². The Labute approximate surface area is 300 Å². The largest absolute Gasteiger partial charge is 2.00 e. The quantitative estimate of drug-likeness (QED) is 0.150. The van der Waals surface area contributed by atoms with Crippen molar-refractivity contribution in [2.24, 2.45) is 9.98 Å². The number of aromatic hydroxyl groups is 2. The predicted octanol–water partition coefficient (Wildman–Crippen LogP) is 7.07. The van der Waals surface area contributed by atoms with Gasteiger partial charge in [-0.05, 0) is 91.4 Å². The second kappa shape index (κ2) is 22.2. The Bertz CT molecular complexity index is 1600. The summed E-state index contributed by atoms with van der Waals surface area (Å²) in [5.74, 6) is -1.54. The number of fused-ring (bicyclic) bond motifs is 1. The average Bonchev–Trinajstić information content (AvgIpc) is 3.02. The molecule has 4 aromatic rings. The van der Waals surface area contributed by atoms with Crippen LogP contribution in [0.5, 0.6) is 11.5 Å². The van der Waals surface area contributed by atoms with Crippen LogP contribution in [-0.2, 0) is 52.1 Å². The molecule has 0 saturated carbocycles. The SMILES string of the molecule is CC(=O)[O-].CC(=O)[O-].CCCc1cc(C=Nc2cccc3cccc(N=Cc4cc(CCC)cc(CCC)c4O)c23)c(O)c(CCC)c1.[Co+2]. The van der Waals surface area contributed by atoms with E-state index in [1.54, 1.807) is 12.4 Å². The van der Waals surface area contributed by atoms with Crippen molar-refractivity contribution in [1.29, 1.82) is 0 Å². The Hall–Kier alpha value is -4.47. The summed E-state index contributed by atoms with van der Waals surface area (Å²) in [5, 5.41) is 41.7. The average molecular weight is 712 g/mol. The number of benzene rings is 4. The molecule has 0 atom stereocenters. The molecular weight excluding hydrogens is 663 g/mol. The molecule has 0 aromatic heterocycles. The summed E-state index contributed by atoms with van der Waals surface area (Å²) in [7, 11) is 0. The smallest absolute Gasteiger partial charge is 0.550 e. The van der Waals surface area contributed by atoms with Crippen molar-refractivity contribution in [3.63, 3.8) is 0 Å². The molecule has 0 heterocycles. The van der Waals surface area contributed by atoms with Gasteiger partial charge >= 0.3 is 16.8 Å². The van der Waals surface area contributed by atoms with E-state index in [1.165, 1.54) is 11.1 Å². The molecule has 1 radical (unpaired) electrons. The Balaban J connectivity index is 0.00000120.